The molecular formula is C19H26IN3O3S. The van der Waals surface area contributed by atoms with Crippen LogP contribution in [0.5, 0.6) is 5.75 Å². The van der Waals surface area contributed by atoms with Crippen LogP contribution in [-0.2, 0) is 9.84 Å². The number of guanidine groups is 1. The number of sulfone groups is 1. The Balaban J connectivity index is 0.00000364. The van der Waals surface area contributed by atoms with Gasteiger partial charge in [-0.05, 0) is 30.7 Å². The summed E-state index contributed by atoms with van der Waals surface area (Å²) in [4.78, 5) is 4.43. The molecule has 148 valence electrons. The summed E-state index contributed by atoms with van der Waals surface area (Å²) in [5, 5.41) is 6.17. The minimum absolute atomic E-state index is 0. The molecule has 2 rings (SSSR count). The molecule has 0 aliphatic heterocycles. The van der Waals surface area contributed by atoms with Gasteiger partial charge in [0.2, 0.25) is 0 Å². The highest BCUT2D eigenvalue weighted by molar-refractivity contribution is 14.0. The maximum atomic E-state index is 12.2. The zero-order valence-corrected chi connectivity index (χ0v) is 18.4. The van der Waals surface area contributed by atoms with E-state index in [1.165, 1.54) is 0 Å². The average molecular weight is 503 g/mol. The van der Waals surface area contributed by atoms with Gasteiger partial charge < -0.3 is 15.4 Å². The van der Waals surface area contributed by atoms with E-state index in [1.807, 2.05) is 30.3 Å². The molecule has 0 spiro atoms. The molecule has 2 N–H and O–H groups in total. The van der Waals surface area contributed by atoms with Crippen molar-refractivity contribution in [3.05, 3.63) is 60.7 Å². The standard InChI is InChI=1S/C19H25N3O3S.HI/c1-20-19(21-13-8-15-25-17-9-4-2-5-10-17)22-14-16-26(23,24)18-11-6-3-7-12-18;/h2-7,9-12H,8,13-16H2,1H3,(H2,20,21,22);1H. The highest BCUT2D eigenvalue weighted by Gasteiger charge is 2.13. The molecule has 0 heterocycles. The van der Waals surface area contributed by atoms with Gasteiger partial charge in [0.25, 0.3) is 0 Å². The number of aliphatic imine (C=N–C) groups is 1. The Hall–Kier alpha value is -1.81. The summed E-state index contributed by atoms with van der Waals surface area (Å²) >= 11 is 0. The minimum atomic E-state index is -3.29. The third-order valence-electron chi connectivity index (χ3n) is 3.61. The number of nitrogens with zero attached hydrogens (tertiary/aromatic N) is 1. The smallest absolute Gasteiger partial charge is 0.191 e. The van der Waals surface area contributed by atoms with Crippen molar-refractivity contribution < 1.29 is 13.2 Å². The van der Waals surface area contributed by atoms with Crippen molar-refractivity contribution in [2.24, 2.45) is 4.99 Å². The molecule has 8 heteroatoms. The molecule has 0 saturated carbocycles. The quantitative estimate of drug-likeness (QED) is 0.238. The van der Waals surface area contributed by atoms with Crippen molar-refractivity contribution in [2.75, 3.05) is 32.5 Å². The second-order valence-electron chi connectivity index (χ2n) is 5.57. The van der Waals surface area contributed by atoms with Gasteiger partial charge in [0.15, 0.2) is 15.8 Å². The lowest BCUT2D eigenvalue weighted by Crippen LogP contribution is -2.40. The fourth-order valence-electron chi connectivity index (χ4n) is 2.26. The Morgan fingerprint density at radius 2 is 1.56 bits per heavy atom. The fraction of sp³-hybridized carbons (Fsp3) is 0.316. The summed E-state index contributed by atoms with van der Waals surface area (Å²) < 4.78 is 30.1. The Labute approximate surface area is 178 Å². The van der Waals surface area contributed by atoms with E-state index in [0.717, 1.165) is 12.2 Å². The first-order valence-corrected chi connectivity index (χ1v) is 10.2. The number of halogens is 1. The van der Waals surface area contributed by atoms with Crippen molar-refractivity contribution in [1.82, 2.24) is 10.6 Å². The molecule has 0 unspecified atom stereocenters. The number of nitrogens with one attached hydrogen (secondary N) is 2. The van der Waals surface area contributed by atoms with E-state index < -0.39 is 9.84 Å². The largest absolute Gasteiger partial charge is 0.494 e. The molecule has 0 radical (unpaired) electrons. The van der Waals surface area contributed by atoms with E-state index >= 15 is 0 Å². The van der Waals surface area contributed by atoms with Crippen LogP contribution < -0.4 is 15.4 Å². The van der Waals surface area contributed by atoms with Gasteiger partial charge in [-0.1, -0.05) is 36.4 Å². The van der Waals surface area contributed by atoms with Crippen LogP contribution in [0, 0.1) is 0 Å². The molecule has 0 saturated heterocycles. The van der Waals surface area contributed by atoms with Gasteiger partial charge in [-0.2, -0.15) is 0 Å². The van der Waals surface area contributed by atoms with Gasteiger partial charge in [-0.25, -0.2) is 8.42 Å². The minimum Gasteiger partial charge on any atom is -0.494 e. The first-order chi connectivity index (χ1) is 12.6. The second kappa shape index (κ2) is 12.6. The van der Waals surface area contributed by atoms with Crippen molar-refractivity contribution in [1.29, 1.82) is 0 Å². The van der Waals surface area contributed by atoms with E-state index in [0.29, 0.717) is 24.0 Å². The van der Waals surface area contributed by atoms with Gasteiger partial charge in [0, 0.05) is 20.1 Å². The third-order valence-corrected chi connectivity index (χ3v) is 5.35. The zero-order chi connectivity index (χ0) is 18.7. The number of benzene rings is 2. The Morgan fingerprint density at radius 1 is 0.963 bits per heavy atom. The molecule has 27 heavy (non-hydrogen) atoms. The molecule has 0 amide bonds. The van der Waals surface area contributed by atoms with Crippen LogP contribution in [0.2, 0.25) is 0 Å². The zero-order valence-electron chi connectivity index (χ0n) is 15.3. The van der Waals surface area contributed by atoms with Crippen molar-refractivity contribution in [2.45, 2.75) is 11.3 Å². The number of ether oxygens (including phenoxy) is 1. The first-order valence-electron chi connectivity index (χ1n) is 8.52. The summed E-state index contributed by atoms with van der Waals surface area (Å²) in [6, 6.07) is 18.1. The summed E-state index contributed by atoms with van der Waals surface area (Å²) in [7, 11) is -1.63. The Bertz CT molecular complexity index is 784. The maximum absolute atomic E-state index is 12.2. The lowest BCUT2D eigenvalue weighted by Gasteiger charge is -2.12. The van der Waals surface area contributed by atoms with E-state index in [-0.39, 0.29) is 36.3 Å². The van der Waals surface area contributed by atoms with Crippen molar-refractivity contribution >= 4 is 39.8 Å². The molecular weight excluding hydrogens is 477 g/mol. The molecule has 6 nitrogen and oxygen atoms in total. The molecule has 0 aromatic heterocycles. The summed E-state index contributed by atoms with van der Waals surface area (Å²) in [6.45, 7) is 1.56. The topological polar surface area (TPSA) is 79.8 Å². The van der Waals surface area contributed by atoms with Crippen LogP contribution in [0.25, 0.3) is 0 Å². The Kier molecular flexibility index (Phi) is 10.8. The van der Waals surface area contributed by atoms with Gasteiger partial charge in [0.1, 0.15) is 5.75 Å². The molecule has 2 aromatic rings. The summed E-state index contributed by atoms with van der Waals surface area (Å²) in [5.41, 5.74) is 0. The maximum Gasteiger partial charge on any atom is 0.191 e. The average Bonchev–Trinajstić information content (AvgIpc) is 2.68. The van der Waals surface area contributed by atoms with Crippen LogP contribution in [0.4, 0.5) is 0 Å². The van der Waals surface area contributed by atoms with Gasteiger partial charge in [-0.3, -0.25) is 4.99 Å². The Morgan fingerprint density at radius 3 is 2.19 bits per heavy atom. The highest BCUT2D eigenvalue weighted by Crippen LogP contribution is 2.09. The van der Waals surface area contributed by atoms with Crippen molar-refractivity contribution in [3.8, 4) is 5.75 Å². The van der Waals surface area contributed by atoms with Crippen LogP contribution >= 0.6 is 24.0 Å². The van der Waals surface area contributed by atoms with Crippen LogP contribution in [0.1, 0.15) is 6.42 Å². The highest BCUT2D eigenvalue weighted by atomic mass is 127. The first kappa shape index (κ1) is 23.2. The molecule has 0 aliphatic carbocycles. The SMILES string of the molecule is CN=C(NCCCOc1ccccc1)NCCS(=O)(=O)c1ccccc1.I. The van der Waals surface area contributed by atoms with Gasteiger partial charge >= 0.3 is 0 Å². The summed E-state index contributed by atoms with van der Waals surface area (Å²) in [6.07, 6.45) is 0.803. The third kappa shape index (κ3) is 8.61. The predicted molar refractivity (Wildman–Crippen MR) is 120 cm³/mol. The lowest BCUT2D eigenvalue weighted by atomic mass is 10.3. The van der Waals surface area contributed by atoms with Crippen LogP contribution in [0.3, 0.4) is 0 Å². The second-order valence-corrected chi connectivity index (χ2v) is 7.68. The number of hydrogen-bond acceptors (Lipinski definition) is 4. The number of para-hydroxylation sites is 1. The lowest BCUT2D eigenvalue weighted by molar-refractivity contribution is 0.311. The van der Waals surface area contributed by atoms with E-state index in [4.69, 9.17) is 4.74 Å². The van der Waals surface area contributed by atoms with E-state index in [9.17, 15) is 8.42 Å². The molecule has 0 aliphatic rings. The van der Waals surface area contributed by atoms with Gasteiger partial charge in [-0.15, -0.1) is 24.0 Å². The molecule has 0 bridgehead atoms. The van der Waals surface area contributed by atoms with Crippen LogP contribution in [-0.4, -0.2) is 46.9 Å². The molecule has 0 atom stereocenters. The van der Waals surface area contributed by atoms with Crippen LogP contribution in [0.15, 0.2) is 70.6 Å². The number of hydrogen-bond donors (Lipinski definition) is 2. The molecule has 2 aromatic carbocycles. The van der Waals surface area contributed by atoms with Crippen molar-refractivity contribution in [3.63, 3.8) is 0 Å². The van der Waals surface area contributed by atoms with Gasteiger partial charge in [0.05, 0.1) is 17.3 Å². The van der Waals surface area contributed by atoms with E-state index in [2.05, 4.69) is 15.6 Å². The predicted octanol–water partition coefficient (Wildman–Crippen LogP) is 2.71. The monoisotopic (exact) mass is 503 g/mol. The normalized spacial score (nSPS) is 11.4. The number of rotatable bonds is 9. The van der Waals surface area contributed by atoms with E-state index in [1.54, 1.807) is 37.4 Å². The summed E-state index contributed by atoms with van der Waals surface area (Å²) in [5.74, 6) is 1.43. The molecule has 0 fully saturated rings. The fourth-order valence-corrected chi connectivity index (χ4v) is 3.43.